The lowest BCUT2D eigenvalue weighted by Crippen LogP contribution is -2.42. The van der Waals surface area contributed by atoms with Crippen molar-refractivity contribution in [3.63, 3.8) is 0 Å². The van der Waals surface area contributed by atoms with Crippen LogP contribution < -0.4 is 5.32 Å². The van der Waals surface area contributed by atoms with Gasteiger partial charge in [-0.05, 0) is 19.8 Å². The summed E-state index contributed by atoms with van der Waals surface area (Å²) in [6, 6.07) is 2.40. The molecule has 0 aliphatic heterocycles. The van der Waals surface area contributed by atoms with Crippen molar-refractivity contribution in [1.82, 2.24) is 5.32 Å². The van der Waals surface area contributed by atoms with Crippen molar-refractivity contribution in [2.75, 3.05) is 13.2 Å². The van der Waals surface area contributed by atoms with Crippen LogP contribution in [0.2, 0.25) is 0 Å². The second-order valence-corrected chi connectivity index (χ2v) is 4.86. The van der Waals surface area contributed by atoms with Gasteiger partial charge in [-0.3, -0.25) is 0 Å². The molecule has 0 radical (unpaired) electrons. The molecule has 3 nitrogen and oxygen atoms in total. The van der Waals surface area contributed by atoms with Crippen molar-refractivity contribution in [2.24, 2.45) is 5.41 Å². The highest BCUT2D eigenvalue weighted by molar-refractivity contribution is 4.86. The third-order valence-corrected chi connectivity index (χ3v) is 3.47. The van der Waals surface area contributed by atoms with Gasteiger partial charge in [-0.2, -0.15) is 5.26 Å². The molecule has 1 rings (SSSR count). The van der Waals surface area contributed by atoms with Crippen molar-refractivity contribution < 1.29 is 5.11 Å². The summed E-state index contributed by atoms with van der Waals surface area (Å²) in [7, 11) is 0. The molecule has 1 unspecified atom stereocenters. The van der Waals surface area contributed by atoms with Crippen LogP contribution in [-0.4, -0.2) is 24.3 Å². The summed E-state index contributed by atoms with van der Waals surface area (Å²) in [6.07, 6.45) is 6.55. The predicted octanol–water partition coefficient (Wildman–Crippen LogP) is 1.82. The van der Waals surface area contributed by atoms with Crippen molar-refractivity contribution in [3.8, 4) is 6.07 Å². The molecular formula is C12H22N2O. The molecule has 0 aromatic rings. The molecule has 0 spiro atoms. The fourth-order valence-electron chi connectivity index (χ4n) is 2.29. The van der Waals surface area contributed by atoms with Crippen molar-refractivity contribution in [3.05, 3.63) is 0 Å². The Balaban J connectivity index is 2.36. The first-order valence-electron chi connectivity index (χ1n) is 5.94. The predicted molar refractivity (Wildman–Crippen MR) is 60.3 cm³/mol. The molecule has 86 valence electrons. The van der Waals surface area contributed by atoms with Gasteiger partial charge >= 0.3 is 0 Å². The average Bonchev–Trinajstić information content (AvgIpc) is 2.28. The third-order valence-electron chi connectivity index (χ3n) is 3.47. The minimum Gasteiger partial charge on any atom is -0.396 e. The lowest BCUT2D eigenvalue weighted by molar-refractivity contribution is 0.0790. The van der Waals surface area contributed by atoms with Crippen LogP contribution >= 0.6 is 0 Å². The largest absolute Gasteiger partial charge is 0.396 e. The second-order valence-electron chi connectivity index (χ2n) is 4.86. The molecule has 0 aromatic carbocycles. The molecule has 0 heterocycles. The average molecular weight is 210 g/mol. The summed E-state index contributed by atoms with van der Waals surface area (Å²) < 4.78 is 0. The normalized spacial score (nSPS) is 21.9. The van der Waals surface area contributed by atoms with E-state index in [9.17, 15) is 5.11 Å². The lowest BCUT2D eigenvalue weighted by Gasteiger charge is -2.36. The zero-order chi connectivity index (χ0) is 11.1. The molecule has 0 amide bonds. The molecule has 15 heavy (non-hydrogen) atoms. The molecule has 0 bridgehead atoms. The standard InChI is InChI=1S/C12H22N2O/c1-11(5-8-13)14-9-12(10-15)6-3-2-4-7-12/h11,14-15H,2-7,9-10H2,1H3. The number of aliphatic hydroxyl groups excluding tert-OH is 1. The van der Waals surface area contributed by atoms with Crippen LogP contribution in [-0.2, 0) is 0 Å². The molecule has 1 aliphatic carbocycles. The number of nitrogens with one attached hydrogen (secondary N) is 1. The van der Waals surface area contributed by atoms with Gasteiger partial charge in [0.25, 0.3) is 0 Å². The first-order valence-corrected chi connectivity index (χ1v) is 5.94. The molecule has 0 saturated heterocycles. The molecule has 0 aromatic heterocycles. The maximum absolute atomic E-state index is 9.48. The van der Waals surface area contributed by atoms with Crippen LogP contribution in [0.1, 0.15) is 45.4 Å². The van der Waals surface area contributed by atoms with Crippen molar-refractivity contribution in [1.29, 1.82) is 5.26 Å². The summed E-state index contributed by atoms with van der Waals surface area (Å²) in [4.78, 5) is 0. The summed E-state index contributed by atoms with van der Waals surface area (Å²) >= 11 is 0. The van der Waals surface area contributed by atoms with Gasteiger partial charge in [0.05, 0.1) is 12.5 Å². The number of aliphatic hydroxyl groups is 1. The highest BCUT2D eigenvalue weighted by Crippen LogP contribution is 2.35. The first-order chi connectivity index (χ1) is 7.22. The minimum atomic E-state index is 0.0853. The molecular weight excluding hydrogens is 188 g/mol. The van der Waals surface area contributed by atoms with E-state index < -0.39 is 0 Å². The molecule has 3 heteroatoms. The van der Waals surface area contributed by atoms with E-state index in [0.29, 0.717) is 6.42 Å². The van der Waals surface area contributed by atoms with E-state index >= 15 is 0 Å². The zero-order valence-corrected chi connectivity index (χ0v) is 9.63. The van der Waals surface area contributed by atoms with Crippen LogP contribution in [0.3, 0.4) is 0 Å². The second kappa shape index (κ2) is 6.09. The summed E-state index contributed by atoms with van der Waals surface area (Å²) in [5.41, 5.74) is 0.0853. The molecule has 1 saturated carbocycles. The maximum atomic E-state index is 9.48. The Labute approximate surface area is 92.5 Å². The number of nitrogens with zero attached hydrogens (tertiary/aromatic N) is 1. The van der Waals surface area contributed by atoms with E-state index in [4.69, 9.17) is 5.26 Å². The summed E-state index contributed by atoms with van der Waals surface area (Å²) in [6.45, 7) is 3.16. The van der Waals surface area contributed by atoms with Gasteiger partial charge in [0.1, 0.15) is 0 Å². The van der Waals surface area contributed by atoms with E-state index in [1.54, 1.807) is 0 Å². The summed E-state index contributed by atoms with van der Waals surface area (Å²) in [5.74, 6) is 0. The van der Waals surface area contributed by atoms with Gasteiger partial charge in [-0.1, -0.05) is 19.3 Å². The number of hydrogen-bond donors (Lipinski definition) is 2. The highest BCUT2D eigenvalue weighted by Gasteiger charge is 2.31. The van der Waals surface area contributed by atoms with E-state index in [2.05, 4.69) is 11.4 Å². The van der Waals surface area contributed by atoms with Gasteiger partial charge in [-0.15, -0.1) is 0 Å². The van der Waals surface area contributed by atoms with E-state index in [1.807, 2.05) is 6.92 Å². The Hall–Kier alpha value is -0.590. The Kier molecular flexibility index (Phi) is 5.07. The SMILES string of the molecule is CC(CC#N)NCC1(CO)CCCCC1. The summed E-state index contributed by atoms with van der Waals surface area (Å²) in [5, 5.41) is 21.4. The molecule has 1 aliphatic rings. The van der Waals surface area contributed by atoms with Crippen LogP contribution in [0.5, 0.6) is 0 Å². The zero-order valence-electron chi connectivity index (χ0n) is 9.63. The van der Waals surface area contributed by atoms with Crippen LogP contribution in [0, 0.1) is 16.7 Å². The highest BCUT2D eigenvalue weighted by atomic mass is 16.3. The first kappa shape index (κ1) is 12.5. The third kappa shape index (κ3) is 3.81. The number of hydrogen-bond acceptors (Lipinski definition) is 3. The Bertz CT molecular complexity index is 216. The minimum absolute atomic E-state index is 0.0853. The fraction of sp³-hybridized carbons (Fsp3) is 0.917. The Morgan fingerprint density at radius 1 is 1.40 bits per heavy atom. The van der Waals surface area contributed by atoms with Gasteiger partial charge in [0.15, 0.2) is 0 Å². The number of nitriles is 1. The fourth-order valence-corrected chi connectivity index (χ4v) is 2.29. The monoisotopic (exact) mass is 210 g/mol. The molecule has 1 atom stereocenters. The van der Waals surface area contributed by atoms with Gasteiger partial charge < -0.3 is 10.4 Å². The quantitative estimate of drug-likeness (QED) is 0.727. The maximum Gasteiger partial charge on any atom is 0.0638 e. The van der Waals surface area contributed by atoms with Crippen LogP contribution in [0.4, 0.5) is 0 Å². The lowest BCUT2D eigenvalue weighted by atomic mass is 9.74. The Morgan fingerprint density at radius 2 is 2.07 bits per heavy atom. The smallest absolute Gasteiger partial charge is 0.0638 e. The van der Waals surface area contributed by atoms with E-state index in [1.165, 1.54) is 19.3 Å². The molecule has 1 fully saturated rings. The van der Waals surface area contributed by atoms with Crippen LogP contribution in [0.25, 0.3) is 0 Å². The van der Waals surface area contributed by atoms with Gasteiger partial charge in [-0.25, -0.2) is 0 Å². The van der Waals surface area contributed by atoms with Gasteiger partial charge in [0, 0.05) is 24.6 Å². The topological polar surface area (TPSA) is 56.0 Å². The number of rotatable bonds is 5. The van der Waals surface area contributed by atoms with E-state index in [-0.39, 0.29) is 18.1 Å². The van der Waals surface area contributed by atoms with Gasteiger partial charge in [0.2, 0.25) is 0 Å². The van der Waals surface area contributed by atoms with E-state index in [0.717, 1.165) is 19.4 Å². The van der Waals surface area contributed by atoms with Crippen LogP contribution in [0.15, 0.2) is 0 Å². The van der Waals surface area contributed by atoms with Crippen molar-refractivity contribution >= 4 is 0 Å². The Morgan fingerprint density at radius 3 is 2.60 bits per heavy atom. The van der Waals surface area contributed by atoms with Crippen molar-refractivity contribution in [2.45, 2.75) is 51.5 Å². The molecule has 2 N–H and O–H groups in total.